The molecule has 2 nitrogen and oxygen atoms in total. The molecule has 0 bridgehead atoms. The van der Waals surface area contributed by atoms with E-state index in [2.05, 4.69) is 36.2 Å². The molecule has 0 aromatic heterocycles. The molecule has 1 N–H and O–H groups in total. The first kappa shape index (κ1) is 16.6. The first-order valence-electron chi connectivity index (χ1n) is 8.41. The van der Waals surface area contributed by atoms with Crippen LogP contribution in [0.3, 0.4) is 0 Å². The van der Waals surface area contributed by atoms with Crippen molar-refractivity contribution >= 4 is 17.3 Å². The minimum atomic E-state index is 0.683. The topological polar surface area (TPSA) is 15.3 Å². The maximum absolute atomic E-state index is 6.25. The van der Waals surface area contributed by atoms with Gasteiger partial charge in [0.25, 0.3) is 0 Å². The van der Waals surface area contributed by atoms with E-state index in [1.54, 1.807) is 0 Å². The van der Waals surface area contributed by atoms with E-state index >= 15 is 0 Å². The van der Waals surface area contributed by atoms with E-state index < -0.39 is 0 Å². The number of rotatable bonds is 5. The molecular weight excluding hydrogens is 280 g/mol. The normalized spacial score (nSPS) is 16.9. The van der Waals surface area contributed by atoms with E-state index in [9.17, 15) is 0 Å². The van der Waals surface area contributed by atoms with Crippen molar-refractivity contribution in [3.8, 4) is 0 Å². The van der Waals surface area contributed by atoms with Crippen molar-refractivity contribution in [2.24, 2.45) is 5.92 Å². The molecule has 21 heavy (non-hydrogen) atoms. The molecule has 1 aliphatic rings. The van der Waals surface area contributed by atoms with Crippen LogP contribution < -0.4 is 10.2 Å². The highest BCUT2D eigenvalue weighted by molar-refractivity contribution is 6.30. The zero-order valence-corrected chi connectivity index (χ0v) is 14.3. The molecule has 3 heteroatoms. The van der Waals surface area contributed by atoms with Crippen molar-refractivity contribution in [3.05, 3.63) is 28.8 Å². The lowest BCUT2D eigenvalue weighted by molar-refractivity contribution is 0.544. The third kappa shape index (κ3) is 5.52. The summed E-state index contributed by atoms with van der Waals surface area (Å²) in [6.07, 6.45) is 6.71. The molecule has 2 rings (SSSR count). The molecule has 1 aliphatic heterocycles. The van der Waals surface area contributed by atoms with Gasteiger partial charge in [0.15, 0.2) is 0 Å². The van der Waals surface area contributed by atoms with Gasteiger partial charge in [-0.2, -0.15) is 0 Å². The van der Waals surface area contributed by atoms with E-state index in [0.717, 1.165) is 31.2 Å². The molecule has 1 aromatic rings. The summed E-state index contributed by atoms with van der Waals surface area (Å²) in [5.74, 6) is 0.683. The van der Waals surface area contributed by atoms with E-state index in [1.807, 2.05) is 6.07 Å². The van der Waals surface area contributed by atoms with Crippen LogP contribution in [0.2, 0.25) is 5.02 Å². The van der Waals surface area contributed by atoms with Crippen LogP contribution in [0.5, 0.6) is 0 Å². The van der Waals surface area contributed by atoms with Gasteiger partial charge in [0, 0.05) is 30.3 Å². The van der Waals surface area contributed by atoms with Crippen LogP contribution in [0.4, 0.5) is 5.69 Å². The van der Waals surface area contributed by atoms with E-state index in [4.69, 9.17) is 11.6 Å². The molecule has 1 heterocycles. The van der Waals surface area contributed by atoms with Crippen LogP contribution in [0, 0.1) is 5.92 Å². The molecule has 0 radical (unpaired) electrons. The Labute approximate surface area is 134 Å². The van der Waals surface area contributed by atoms with Crippen LogP contribution >= 0.6 is 11.6 Å². The van der Waals surface area contributed by atoms with Crippen molar-refractivity contribution < 1.29 is 0 Å². The SMILES string of the molecule is CC(C)CNCc1ccc(Cl)cc1N1CCCCCCC1. The Bertz CT molecular complexity index is 423. The van der Waals surface area contributed by atoms with Gasteiger partial charge in [-0.05, 0) is 43.0 Å². The van der Waals surface area contributed by atoms with Gasteiger partial charge in [0.05, 0.1) is 0 Å². The molecule has 0 aliphatic carbocycles. The Kier molecular flexibility index (Phi) is 6.85. The Morgan fingerprint density at radius 3 is 2.43 bits per heavy atom. The molecule has 1 saturated heterocycles. The van der Waals surface area contributed by atoms with Crippen LogP contribution in [-0.2, 0) is 6.54 Å². The van der Waals surface area contributed by atoms with Gasteiger partial charge < -0.3 is 10.2 Å². The number of hydrogen-bond acceptors (Lipinski definition) is 2. The lowest BCUT2D eigenvalue weighted by Gasteiger charge is -2.29. The number of hydrogen-bond donors (Lipinski definition) is 1. The van der Waals surface area contributed by atoms with Gasteiger partial charge in [0.1, 0.15) is 0 Å². The highest BCUT2D eigenvalue weighted by Gasteiger charge is 2.13. The summed E-state index contributed by atoms with van der Waals surface area (Å²) >= 11 is 6.25. The minimum Gasteiger partial charge on any atom is -0.371 e. The van der Waals surface area contributed by atoms with E-state index in [0.29, 0.717) is 5.92 Å². The number of nitrogens with one attached hydrogen (secondary N) is 1. The zero-order valence-electron chi connectivity index (χ0n) is 13.5. The predicted molar refractivity (Wildman–Crippen MR) is 93.3 cm³/mol. The number of anilines is 1. The summed E-state index contributed by atoms with van der Waals surface area (Å²) in [6.45, 7) is 8.81. The lowest BCUT2D eigenvalue weighted by Crippen LogP contribution is -2.29. The van der Waals surface area contributed by atoms with Crippen molar-refractivity contribution in [2.45, 2.75) is 52.5 Å². The van der Waals surface area contributed by atoms with Crippen LogP contribution in [0.25, 0.3) is 0 Å². The molecule has 0 atom stereocenters. The quantitative estimate of drug-likeness (QED) is 0.836. The molecule has 0 spiro atoms. The highest BCUT2D eigenvalue weighted by atomic mass is 35.5. The Balaban J connectivity index is 2.09. The third-order valence-electron chi connectivity index (χ3n) is 4.11. The maximum Gasteiger partial charge on any atom is 0.0426 e. The van der Waals surface area contributed by atoms with Crippen molar-refractivity contribution in [2.75, 3.05) is 24.5 Å². The maximum atomic E-state index is 6.25. The Morgan fingerprint density at radius 1 is 1.10 bits per heavy atom. The average Bonchev–Trinajstić information content (AvgIpc) is 2.40. The van der Waals surface area contributed by atoms with Crippen molar-refractivity contribution in [1.29, 1.82) is 0 Å². The second-order valence-corrected chi connectivity index (χ2v) is 6.99. The summed E-state index contributed by atoms with van der Waals surface area (Å²) in [4.78, 5) is 2.54. The molecule has 1 aromatic carbocycles. The van der Waals surface area contributed by atoms with Gasteiger partial charge >= 0.3 is 0 Å². The fourth-order valence-corrected chi connectivity index (χ4v) is 3.13. The summed E-state index contributed by atoms with van der Waals surface area (Å²) in [7, 11) is 0. The molecule has 0 unspecified atom stereocenters. The Hall–Kier alpha value is -0.730. The van der Waals surface area contributed by atoms with Crippen molar-refractivity contribution in [3.63, 3.8) is 0 Å². The van der Waals surface area contributed by atoms with Gasteiger partial charge in [-0.3, -0.25) is 0 Å². The largest absolute Gasteiger partial charge is 0.371 e. The van der Waals surface area contributed by atoms with Crippen LogP contribution in [-0.4, -0.2) is 19.6 Å². The van der Waals surface area contributed by atoms with Gasteiger partial charge in [-0.15, -0.1) is 0 Å². The van der Waals surface area contributed by atoms with E-state index in [1.165, 1.54) is 43.4 Å². The van der Waals surface area contributed by atoms with Crippen LogP contribution in [0.1, 0.15) is 51.5 Å². The zero-order chi connectivity index (χ0) is 15.1. The lowest BCUT2D eigenvalue weighted by atomic mass is 10.1. The summed E-state index contributed by atoms with van der Waals surface area (Å²) in [5, 5.41) is 4.41. The fourth-order valence-electron chi connectivity index (χ4n) is 2.96. The van der Waals surface area contributed by atoms with Crippen LogP contribution in [0.15, 0.2) is 18.2 Å². The third-order valence-corrected chi connectivity index (χ3v) is 4.35. The summed E-state index contributed by atoms with van der Waals surface area (Å²) in [6, 6.07) is 6.35. The number of halogens is 1. The Morgan fingerprint density at radius 2 is 1.76 bits per heavy atom. The molecule has 0 amide bonds. The molecule has 1 fully saturated rings. The minimum absolute atomic E-state index is 0.683. The molecule has 118 valence electrons. The fraction of sp³-hybridized carbons (Fsp3) is 0.667. The highest BCUT2D eigenvalue weighted by Crippen LogP contribution is 2.27. The van der Waals surface area contributed by atoms with E-state index in [-0.39, 0.29) is 0 Å². The second-order valence-electron chi connectivity index (χ2n) is 6.55. The van der Waals surface area contributed by atoms with Gasteiger partial charge in [-0.1, -0.05) is 50.8 Å². The monoisotopic (exact) mass is 308 g/mol. The van der Waals surface area contributed by atoms with Crippen molar-refractivity contribution in [1.82, 2.24) is 5.32 Å². The standard InChI is InChI=1S/C18H29ClN2/c1-15(2)13-20-14-16-8-9-17(19)12-18(16)21-10-6-4-3-5-7-11-21/h8-9,12,15,20H,3-7,10-11,13-14H2,1-2H3. The second kappa shape index (κ2) is 8.65. The van der Waals surface area contributed by atoms with Gasteiger partial charge in [0.2, 0.25) is 0 Å². The molecular formula is C18H29ClN2. The summed E-state index contributed by atoms with van der Waals surface area (Å²) in [5.41, 5.74) is 2.71. The first-order chi connectivity index (χ1) is 10.2. The summed E-state index contributed by atoms with van der Waals surface area (Å²) < 4.78 is 0. The number of benzene rings is 1. The molecule has 0 saturated carbocycles. The predicted octanol–water partition coefficient (Wildman–Crippen LogP) is 4.86. The first-order valence-corrected chi connectivity index (χ1v) is 8.78. The van der Waals surface area contributed by atoms with Gasteiger partial charge in [-0.25, -0.2) is 0 Å². The number of nitrogens with zero attached hydrogens (tertiary/aromatic N) is 1. The smallest absolute Gasteiger partial charge is 0.0426 e. The average molecular weight is 309 g/mol.